The number of piperidine rings is 1. The number of methoxy groups -OCH3 is 1. The first-order valence-corrected chi connectivity index (χ1v) is 11.7. The first kappa shape index (κ1) is 21.7. The molecule has 1 aromatic carbocycles. The fourth-order valence-electron chi connectivity index (χ4n) is 6.67. The third-order valence-corrected chi connectivity index (χ3v) is 8.53. The van der Waals surface area contributed by atoms with Crippen LogP contribution in [0.2, 0.25) is 0 Å². The number of rotatable bonds is 2. The van der Waals surface area contributed by atoms with Crippen molar-refractivity contribution in [3.8, 4) is 0 Å². The zero-order valence-corrected chi connectivity index (χ0v) is 19.9. The van der Waals surface area contributed by atoms with Crippen LogP contribution in [-0.4, -0.2) is 52.9 Å². The number of aliphatic imine (C=N–C) groups is 1. The van der Waals surface area contributed by atoms with Crippen LogP contribution in [0.5, 0.6) is 0 Å². The maximum atomic E-state index is 13.0. The number of fused-ring (bicyclic) bond motifs is 1. The molecule has 162 valence electrons. The second-order valence-corrected chi connectivity index (χ2v) is 10.7. The maximum Gasteiger partial charge on any atom is 0.328 e. The number of carbonyl (C=O) groups excluding carboxylic acids is 2. The van der Waals surface area contributed by atoms with Gasteiger partial charge in [0.05, 0.1) is 23.9 Å². The number of alkyl halides is 1. The van der Waals surface area contributed by atoms with E-state index in [0.717, 1.165) is 43.8 Å². The van der Waals surface area contributed by atoms with Gasteiger partial charge >= 0.3 is 5.97 Å². The topological polar surface area (TPSA) is 59.0 Å². The van der Waals surface area contributed by atoms with Crippen LogP contribution in [0.1, 0.15) is 58.4 Å². The largest absolute Gasteiger partial charge is 0.468 e. The molecule has 1 spiro atoms. The number of carbonyl (C=O) groups is 2. The average Bonchev–Trinajstić information content (AvgIpc) is 3.28. The van der Waals surface area contributed by atoms with Gasteiger partial charge in [0.1, 0.15) is 5.78 Å². The Bertz CT molecular complexity index is 911. The van der Waals surface area contributed by atoms with Gasteiger partial charge in [-0.05, 0) is 76.1 Å². The molecule has 5 rings (SSSR count). The van der Waals surface area contributed by atoms with E-state index in [2.05, 4.69) is 46.0 Å². The first-order valence-electron chi connectivity index (χ1n) is 10.9. The highest BCUT2D eigenvalue weighted by Gasteiger charge is 2.72. The number of benzene rings is 1. The number of hydrogen-bond donors (Lipinski definition) is 0. The lowest BCUT2D eigenvalue weighted by Gasteiger charge is -2.59. The van der Waals surface area contributed by atoms with E-state index in [1.165, 1.54) is 39.4 Å². The van der Waals surface area contributed by atoms with E-state index < -0.39 is 4.32 Å². The van der Waals surface area contributed by atoms with Gasteiger partial charge < -0.3 is 9.53 Å². The molecular formula is C24H31BrN2O3. The lowest BCUT2D eigenvalue weighted by atomic mass is 9.50. The highest BCUT2D eigenvalue weighted by atomic mass is 79.9. The van der Waals surface area contributed by atoms with Crippen molar-refractivity contribution in [1.29, 1.82) is 0 Å². The second-order valence-electron chi connectivity index (χ2n) is 9.33. The van der Waals surface area contributed by atoms with Crippen LogP contribution in [0.25, 0.3) is 0 Å². The molecule has 30 heavy (non-hydrogen) atoms. The SMILES string of the molecule is CC(C)=O.CC[C@@]12CCCN3CC[C@@]4(C(=Nc5ccccc54)C(Br)(C(=O)OC)C1)[C@H]32. The van der Waals surface area contributed by atoms with Crippen molar-refractivity contribution < 1.29 is 14.3 Å². The second kappa shape index (κ2) is 7.56. The highest BCUT2D eigenvalue weighted by Crippen LogP contribution is 2.66. The van der Waals surface area contributed by atoms with Crippen molar-refractivity contribution in [3.05, 3.63) is 29.8 Å². The smallest absolute Gasteiger partial charge is 0.328 e. The number of ether oxygens (including phenoxy) is 1. The standard InChI is InChI=1S/C21H25BrN2O2.C3H6O/c1-3-19-9-6-11-24-12-10-20(17(19)24)14-7-4-5-8-15(14)23-16(20)21(22,13-19)18(25)26-2;1-3(2)4/h4-5,7-8,17H,3,6,9-13H2,1-2H3;1-2H3/t17-,19-,20-,21?;/m1./s1. The van der Waals surface area contributed by atoms with E-state index in [-0.39, 0.29) is 22.6 Å². The van der Waals surface area contributed by atoms with Crippen LogP contribution in [0.15, 0.2) is 29.3 Å². The molecule has 0 amide bonds. The molecule has 1 aromatic rings. The Hall–Kier alpha value is -1.53. The molecule has 6 heteroatoms. The summed E-state index contributed by atoms with van der Waals surface area (Å²) in [5, 5.41) is 0. The number of Topliss-reactive ketones (excluding diaryl/α,β-unsaturated/α-hetero) is 1. The Morgan fingerprint density at radius 3 is 2.60 bits per heavy atom. The quantitative estimate of drug-likeness (QED) is 0.464. The Balaban J connectivity index is 0.000000503. The molecule has 5 nitrogen and oxygen atoms in total. The molecule has 0 radical (unpaired) electrons. The maximum absolute atomic E-state index is 13.0. The van der Waals surface area contributed by atoms with Crippen molar-refractivity contribution >= 4 is 39.1 Å². The van der Waals surface area contributed by atoms with Gasteiger partial charge in [-0.1, -0.05) is 41.1 Å². The van der Waals surface area contributed by atoms with Gasteiger partial charge in [-0.3, -0.25) is 14.7 Å². The number of nitrogens with zero attached hydrogens (tertiary/aromatic N) is 2. The fraction of sp³-hybridized carbons (Fsp3) is 0.625. The third kappa shape index (κ3) is 2.86. The van der Waals surface area contributed by atoms with Crippen LogP contribution in [0.3, 0.4) is 0 Å². The Kier molecular flexibility index (Phi) is 5.46. The molecule has 3 aliphatic heterocycles. The zero-order chi connectivity index (χ0) is 21.7. The summed E-state index contributed by atoms with van der Waals surface area (Å²) in [6.07, 6.45) is 5.28. The predicted octanol–water partition coefficient (Wildman–Crippen LogP) is 4.58. The summed E-state index contributed by atoms with van der Waals surface area (Å²) >= 11 is 3.90. The van der Waals surface area contributed by atoms with E-state index >= 15 is 0 Å². The molecule has 3 heterocycles. The molecule has 3 fully saturated rings. The summed E-state index contributed by atoms with van der Waals surface area (Å²) in [6, 6.07) is 8.94. The van der Waals surface area contributed by atoms with Crippen molar-refractivity contribution in [2.45, 2.75) is 68.7 Å². The van der Waals surface area contributed by atoms with Crippen molar-refractivity contribution in [2.75, 3.05) is 20.2 Å². The number of hydrogen-bond acceptors (Lipinski definition) is 5. The van der Waals surface area contributed by atoms with Gasteiger partial charge in [0.15, 0.2) is 4.32 Å². The monoisotopic (exact) mass is 474 g/mol. The molecule has 4 atom stereocenters. The summed E-state index contributed by atoms with van der Waals surface area (Å²) in [5.41, 5.74) is 3.30. The Labute approximate surface area is 187 Å². The summed E-state index contributed by atoms with van der Waals surface area (Å²) in [7, 11) is 1.49. The molecule has 2 saturated heterocycles. The molecule has 0 N–H and O–H groups in total. The Morgan fingerprint density at radius 1 is 1.23 bits per heavy atom. The van der Waals surface area contributed by atoms with E-state index in [0.29, 0.717) is 6.04 Å². The van der Waals surface area contributed by atoms with E-state index in [1.54, 1.807) is 0 Å². The van der Waals surface area contributed by atoms with Gasteiger partial charge in [0, 0.05) is 6.04 Å². The fourth-order valence-corrected chi connectivity index (χ4v) is 7.83. The predicted molar refractivity (Wildman–Crippen MR) is 122 cm³/mol. The van der Waals surface area contributed by atoms with E-state index in [4.69, 9.17) is 9.73 Å². The summed E-state index contributed by atoms with van der Waals surface area (Å²) in [5.74, 6) is -0.0290. The molecular weight excluding hydrogens is 444 g/mol. The lowest BCUT2D eigenvalue weighted by molar-refractivity contribution is -0.144. The van der Waals surface area contributed by atoms with Gasteiger partial charge in [-0.15, -0.1) is 0 Å². The molecule has 1 unspecified atom stereocenters. The zero-order valence-electron chi connectivity index (χ0n) is 18.3. The minimum Gasteiger partial charge on any atom is -0.468 e. The van der Waals surface area contributed by atoms with Crippen molar-refractivity contribution in [3.63, 3.8) is 0 Å². The van der Waals surface area contributed by atoms with Crippen LogP contribution in [-0.2, 0) is 19.7 Å². The van der Waals surface area contributed by atoms with Gasteiger partial charge in [-0.2, -0.15) is 0 Å². The van der Waals surface area contributed by atoms with E-state index in [9.17, 15) is 9.59 Å². The molecule has 0 aromatic heterocycles. The minimum absolute atomic E-state index is 0.114. The third-order valence-electron chi connectivity index (χ3n) is 7.55. The average molecular weight is 475 g/mol. The van der Waals surface area contributed by atoms with Crippen molar-refractivity contribution in [1.82, 2.24) is 4.90 Å². The van der Waals surface area contributed by atoms with Gasteiger partial charge in [0.2, 0.25) is 0 Å². The van der Waals surface area contributed by atoms with Gasteiger partial charge in [0.25, 0.3) is 0 Å². The molecule has 1 aliphatic carbocycles. The van der Waals surface area contributed by atoms with Gasteiger partial charge in [-0.25, -0.2) is 0 Å². The summed E-state index contributed by atoms with van der Waals surface area (Å²) < 4.78 is 4.47. The number of ketones is 1. The van der Waals surface area contributed by atoms with Crippen LogP contribution < -0.4 is 0 Å². The minimum atomic E-state index is -0.819. The number of esters is 1. The van der Waals surface area contributed by atoms with Crippen molar-refractivity contribution in [2.24, 2.45) is 10.4 Å². The molecule has 4 aliphatic rings. The summed E-state index contributed by atoms with van der Waals surface area (Å²) in [4.78, 5) is 30.2. The van der Waals surface area contributed by atoms with Crippen LogP contribution in [0.4, 0.5) is 5.69 Å². The number of para-hydroxylation sites is 1. The number of halogens is 1. The highest BCUT2D eigenvalue weighted by molar-refractivity contribution is 9.10. The summed E-state index contributed by atoms with van der Waals surface area (Å²) in [6.45, 7) is 7.60. The van der Waals surface area contributed by atoms with Crippen LogP contribution >= 0.6 is 15.9 Å². The normalized spacial score (nSPS) is 35.9. The first-order chi connectivity index (χ1) is 14.2. The van der Waals surface area contributed by atoms with Crippen LogP contribution in [0, 0.1) is 5.41 Å². The molecule has 1 saturated carbocycles. The lowest BCUT2D eigenvalue weighted by Crippen LogP contribution is -2.69. The Morgan fingerprint density at radius 2 is 1.93 bits per heavy atom. The van der Waals surface area contributed by atoms with E-state index in [1.807, 2.05) is 6.07 Å². The molecule has 0 bridgehead atoms.